The topological polar surface area (TPSA) is 89.6 Å². The van der Waals surface area contributed by atoms with Gasteiger partial charge in [-0.15, -0.1) is 4.40 Å². The second-order valence-electron chi connectivity index (χ2n) is 3.45. The number of rotatable bonds is 1. The Kier molecular flexibility index (Phi) is 2.59. The van der Waals surface area contributed by atoms with E-state index in [-0.39, 0.29) is 11.6 Å². The third kappa shape index (κ3) is 1.88. The van der Waals surface area contributed by atoms with Crippen molar-refractivity contribution in [2.24, 2.45) is 10.1 Å². The molecule has 2 rings (SSSR count). The average Bonchev–Trinajstić information content (AvgIpc) is 2.14. The maximum absolute atomic E-state index is 11.5. The Hall–Kier alpha value is -1.21. The van der Waals surface area contributed by atoms with Gasteiger partial charge >= 0.3 is 0 Å². The lowest BCUT2D eigenvalue weighted by molar-refractivity contribution is 0.596. The highest BCUT2D eigenvalue weighted by Crippen LogP contribution is 2.24. The maximum Gasteiger partial charge on any atom is 0.259 e. The van der Waals surface area contributed by atoms with Gasteiger partial charge in [0.05, 0.1) is 16.6 Å². The van der Waals surface area contributed by atoms with Crippen LogP contribution in [0.3, 0.4) is 0 Å². The van der Waals surface area contributed by atoms with Gasteiger partial charge in [-0.2, -0.15) is 0 Å². The van der Waals surface area contributed by atoms with Gasteiger partial charge in [-0.05, 0) is 11.6 Å². The fourth-order valence-corrected chi connectivity index (χ4v) is 3.53. The molecule has 5 nitrogen and oxygen atoms in total. The Balaban J connectivity index is 2.75. The van der Waals surface area contributed by atoms with Crippen LogP contribution in [0.1, 0.15) is 11.1 Å². The van der Waals surface area contributed by atoms with Crippen LogP contribution in [-0.4, -0.2) is 24.7 Å². The lowest BCUT2D eigenvalue weighted by atomic mass is 10.1. The van der Waals surface area contributed by atoms with E-state index in [0.717, 1.165) is 0 Å². The van der Waals surface area contributed by atoms with E-state index in [9.17, 15) is 12.6 Å². The monoisotopic (exact) mass is 258 g/mol. The van der Waals surface area contributed by atoms with Crippen molar-refractivity contribution in [3.05, 3.63) is 29.3 Å². The van der Waals surface area contributed by atoms with Crippen LogP contribution in [0.4, 0.5) is 0 Å². The third-order valence-electron chi connectivity index (χ3n) is 2.25. The van der Waals surface area contributed by atoms with Gasteiger partial charge in [0.1, 0.15) is 5.84 Å². The van der Waals surface area contributed by atoms with Crippen molar-refractivity contribution in [3.63, 3.8) is 0 Å². The molecule has 0 aliphatic carbocycles. The highest BCUT2D eigenvalue weighted by atomic mass is 32.2. The first-order valence-corrected chi connectivity index (χ1v) is 7.61. The van der Waals surface area contributed by atoms with Crippen molar-refractivity contribution in [1.29, 1.82) is 0 Å². The first kappa shape index (κ1) is 11.3. The van der Waals surface area contributed by atoms with E-state index >= 15 is 0 Å². The molecule has 0 radical (unpaired) electrons. The number of fused-ring (bicyclic) bond motifs is 1. The van der Waals surface area contributed by atoms with Gasteiger partial charge in [0.25, 0.3) is 10.0 Å². The van der Waals surface area contributed by atoms with Crippen molar-refractivity contribution < 1.29 is 12.6 Å². The van der Waals surface area contributed by atoms with Gasteiger partial charge < -0.3 is 5.73 Å². The van der Waals surface area contributed by atoms with E-state index in [1.54, 1.807) is 18.2 Å². The Morgan fingerprint density at radius 1 is 1.44 bits per heavy atom. The molecule has 0 saturated carbocycles. The predicted octanol–water partition coefficient (Wildman–Crippen LogP) is -0.0273. The van der Waals surface area contributed by atoms with Gasteiger partial charge in [0, 0.05) is 16.7 Å². The minimum atomic E-state index is -3.52. The molecule has 0 amide bonds. The molecule has 0 bridgehead atoms. The van der Waals surface area contributed by atoms with Crippen LogP contribution < -0.4 is 5.73 Å². The van der Waals surface area contributed by atoms with Gasteiger partial charge in [-0.3, -0.25) is 4.21 Å². The summed E-state index contributed by atoms with van der Waals surface area (Å²) in [5, 5.41) is 0. The summed E-state index contributed by atoms with van der Waals surface area (Å²) in [6.07, 6.45) is 1.52. The molecule has 1 aromatic carbocycles. The molecule has 1 atom stereocenters. The molecule has 0 fully saturated rings. The lowest BCUT2D eigenvalue weighted by Gasteiger charge is -2.16. The molecule has 1 aliphatic rings. The maximum atomic E-state index is 11.5. The lowest BCUT2D eigenvalue weighted by Crippen LogP contribution is -2.25. The summed E-state index contributed by atoms with van der Waals surface area (Å²) in [6.45, 7) is 0. The molecule has 1 aromatic rings. The highest BCUT2D eigenvalue weighted by Gasteiger charge is 2.25. The van der Waals surface area contributed by atoms with Crippen LogP contribution in [0.25, 0.3) is 0 Å². The molecule has 0 saturated heterocycles. The van der Waals surface area contributed by atoms with Crippen molar-refractivity contribution in [3.8, 4) is 0 Å². The van der Waals surface area contributed by atoms with Crippen LogP contribution in [0.5, 0.6) is 0 Å². The fourth-order valence-electron chi connectivity index (χ4n) is 1.65. The largest absolute Gasteiger partial charge is 0.382 e. The molecular formula is C9H10N2O3S2. The first-order valence-electron chi connectivity index (χ1n) is 4.44. The summed E-state index contributed by atoms with van der Waals surface area (Å²) >= 11 is 0. The minimum Gasteiger partial charge on any atom is -0.382 e. The standard InChI is InChI=1S/C9H10N2O3S2/c1-15(12)7-4-2-3-6-5-16(13,14)11-9(10)8(6)7/h2-4H,5H2,1H3,(H2,10,11). The van der Waals surface area contributed by atoms with Crippen molar-refractivity contribution >= 4 is 26.7 Å². The average molecular weight is 258 g/mol. The van der Waals surface area contributed by atoms with Gasteiger partial charge in [0.2, 0.25) is 0 Å². The predicted molar refractivity (Wildman–Crippen MR) is 62.1 cm³/mol. The van der Waals surface area contributed by atoms with Crippen molar-refractivity contribution in [2.75, 3.05) is 6.26 Å². The molecule has 2 N–H and O–H groups in total. The normalized spacial score (nSPS) is 19.7. The van der Waals surface area contributed by atoms with E-state index in [1.165, 1.54) is 6.26 Å². The van der Waals surface area contributed by atoms with Crippen LogP contribution in [-0.2, 0) is 26.6 Å². The summed E-state index contributed by atoms with van der Waals surface area (Å²) in [7, 11) is -4.74. The number of benzene rings is 1. The molecule has 1 aliphatic heterocycles. The Labute approximate surface area is 95.9 Å². The zero-order chi connectivity index (χ0) is 11.9. The summed E-state index contributed by atoms with van der Waals surface area (Å²) in [4.78, 5) is 0.522. The van der Waals surface area contributed by atoms with E-state index in [4.69, 9.17) is 5.73 Å². The van der Waals surface area contributed by atoms with Crippen LogP contribution >= 0.6 is 0 Å². The minimum absolute atomic E-state index is 0.0768. The van der Waals surface area contributed by atoms with E-state index in [0.29, 0.717) is 16.0 Å². The summed E-state index contributed by atoms with van der Waals surface area (Å²) in [5.74, 6) is -0.263. The number of sulfonamides is 1. The molecule has 16 heavy (non-hydrogen) atoms. The zero-order valence-corrected chi connectivity index (χ0v) is 10.1. The SMILES string of the molecule is CS(=O)c1cccc2c1C(N)=NS(=O)(=O)C2. The summed E-state index contributed by atoms with van der Waals surface area (Å²) in [5.41, 5.74) is 6.65. The zero-order valence-electron chi connectivity index (χ0n) is 8.50. The molecule has 1 heterocycles. The quantitative estimate of drug-likeness (QED) is 0.766. The number of nitrogens with zero attached hydrogens (tertiary/aromatic N) is 1. The number of amidine groups is 1. The molecule has 86 valence electrons. The van der Waals surface area contributed by atoms with Crippen LogP contribution in [0.15, 0.2) is 27.5 Å². The first-order chi connectivity index (χ1) is 7.41. The Morgan fingerprint density at radius 3 is 2.75 bits per heavy atom. The van der Waals surface area contributed by atoms with E-state index in [1.807, 2.05) is 0 Å². The molecule has 0 aromatic heterocycles. The van der Waals surface area contributed by atoms with Gasteiger partial charge in [0.15, 0.2) is 0 Å². The summed E-state index contributed by atoms with van der Waals surface area (Å²) < 4.78 is 37.6. The molecule has 1 unspecified atom stereocenters. The van der Waals surface area contributed by atoms with Gasteiger partial charge in [-0.1, -0.05) is 12.1 Å². The second kappa shape index (κ2) is 3.67. The molecular weight excluding hydrogens is 248 g/mol. The molecule has 0 spiro atoms. The number of hydrogen-bond donors (Lipinski definition) is 1. The van der Waals surface area contributed by atoms with Crippen LogP contribution in [0.2, 0.25) is 0 Å². The molecule has 7 heteroatoms. The van der Waals surface area contributed by atoms with E-state index in [2.05, 4.69) is 4.40 Å². The van der Waals surface area contributed by atoms with Crippen LogP contribution in [0, 0.1) is 0 Å². The summed E-state index contributed by atoms with van der Waals surface area (Å²) in [6, 6.07) is 4.99. The highest BCUT2D eigenvalue weighted by molar-refractivity contribution is 7.89. The Bertz CT molecular complexity index is 605. The third-order valence-corrected chi connectivity index (χ3v) is 4.36. The Morgan fingerprint density at radius 2 is 2.12 bits per heavy atom. The number of hydrogen-bond acceptors (Lipinski definition) is 4. The second-order valence-corrected chi connectivity index (χ2v) is 6.43. The van der Waals surface area contributed by atoms with Crippen molar-refractivity contribution in [1.82, 2.24) is 0 Å². The van der Waals surface area contributed by atoms with E-state index < -0.39 is 20.8 Å². The smallest absolute Gasteiger partial charge is 0.259 e. The number of nitrogens with two attached hydrogens (primary N) is 1. The van der Waals surface area contributed by atoms with Gasteiger partial charge in [-0.25, -0.2) is 8.42 Å². The van der Waals surface area contributed by atoms with Crippen molar-refractivity contribution in [2.45, 2.75) is 10.6 Å². The fraction of sp³-hybridized carbons (Fsp3) is 0.222.